The summed E-state index contributed by atoms with van der Waals surface area (Å²) in [6.07, 6.45) is 0. The summed E-state index contributed by atoms with van der Waals surface area (Å²) in [6, 6.07) is 30.7. The summed E-state index contributed by atoms with van der Waals surface area (Å²) in [5.74, 6) is -0.0706. The van der Waals surface area contributed by atoms with Crippen LogP contribution in [0.25, 0.3) is 5.76 Å². The predicted molar refractivity (Wildman–Crippen MR) is 149 cm³/mol. The van der Waals surface area contributed by atoms with E-state index in [2.05, 4.69) is 0 Å². The number of likely N-dealkylation sites (tertiary alicyclic amines) is 1. The molecule has 200 valence electrons. The molecule has 7 heteroatoms. The zero-order valence-electron chi connectivity index (χ0n) is 21.7. The molecule has 0 aliphatic carbocycles. The topological polar surface area (TPSA) is 85.3 Å². The molecule has 2 aliphatic rings. The lowest BCUT2D eigenvalue weighted by Gasteiger charge is -2.26. The van der Waals surface area contributed by atoms with Gasteiger partial charge in [-0.15, -0.1) is 0 Å². The highest BCUT2D eigenvalue weighted by molar-refractivity contribution is 6.46. The summed E-state index contributed by atoms with van der Waals surface area (Å²) in [5.41, 5.74) is 2.91. The van der Waals surface area contributed by atoms with Crippen LogP contribution in [0.3, 0.4) is 0 Å². The van der Waals surface area contributed by atoms with Crippen molar-refractivity contribution in [2.75, 3.05) is 13.2 Å². The van der Waals surface area contributed by atoms with Crippen molar-refractivity contribution in [2.45, 2.75) is 19.2 Å². The van der Waals surface area contributed by atoms with E-state index < -0.39 is 17.7 Å². The first-order chi connectivity index (χ1) is 19.6. The molecule has 1 atom stereocenters. The van der Waals surface area contributed by atoms with Crippen molar-refractivity contribution in [1.82, 2.24) is 4.90 Å². The molecular weight excluding hydrogens is 506 g/mol. The summed E-state index contributed by atoms with van der Waals surface area (Å²) >= 11 is 0. The molecule has 40 heavy (non-hydrogen) atoms. The second-order valence-corrected chi connectivity index (χ2v) is 9.62. The van der Waals surface area contributed by atoms with Gasteiger partial charge >= 0.3 is 0 Å². The predicted octanol–water partition coefficient (Wildman–Crippen LogP) is 5.66. The lowest BCUT2D eigenvalue weighted by molar-refractivity contribution is -0.140. The first-order valence-corrected chi connectivity index (χ1v) is 13.1. The molecule has 0 radical (unpaired) electrons. The van der Waals surface area contributed by atoms with Gasteiger partial charge in [0.25, 0.3) is 11.7 Å². The van der Waals surface area contributed by atoms with Crippen molar-refractivity contribution < 1.29 is 28.9 Å². The monoisotopic (exact) mass is 533 g/mol. The van der Waals surface area contributed by atoms with E-state index in [0.29, 0.717) is 48.2 Å². The molecule has 1 fully saturated rings. The highest BCUT2D eigenvalue weighted by Crippen LogP contribution is 2.42. The Morgan fingerprint density at radius 1 is 0.800 bits per heavy atom. The molecule has 6 rings (SSSR count). The Labute approximate surface area is 231 Å². The number of Topliss-reactive ketones (excluding diaryl/α,β-unsaturated/α-hetero) is 1. The van der Waals surface area contributed by atoms with Crippen LogP contribution >= 0.6 is 0 Å². The number of ketones is 1. The third-order valence-corrected chi connectivity index (χ3v) is 6.97. The average Bonchev–Trinajstić information content (AvgIpc) is 3.25. The van der Waals surface area contributed by atoms with Gasteiger partial charge in [0.2, 0.25) is 0 Å². The number of hydrogen-bond acceptors (Lipinski definition) is 6. The maximum atomic E-state index is 13.5. The summed E-state index contributed by atoms with van der Waals surface area (Å²) < 4.78 is 17.3. The van der Waals surface area contributed by atoms with Crippen LogP contribution in [0.15, 0.2) is 109 Å². The van der Waals surface area contributed by atoms with Crippen LogP contribution in [0.1, 0.15) is 28.3 Å². The fourth-order valence-corrected chi connectivity index (χ4v) is 5.03. The number of rotatable bonds is 7. The molecule has 0 aromatic heterocycles. The first kappa shape index (κ1) is 25.2. The van der Waals surface area contributed by atoms with Crippen molar-refractivity contribution in [1.29, 1.82) is 0 Å². The van der Waals surface area contributed by atoms with E-state index in [1.807, 2.05) is 84.9 Å². The van der Waals surface area contributed by atoms with E-state index in [4.69, 9.17) is 14.2 Å². The van der Waals surface area contributed by atoms with Gasteiger partial charge in [0.15, 0.2) is 11.5 Å². The summed E-state index contributed by atoms with van der Waals surface area (Å²) in [4.78, 5) is 28.4. The molecule has 0 spiro atoms. The van der Waals surface area contributed by atoms with Crippen LogP contribution in [0.5, 0.6) is 17.2 Å². The molecule has 1 amide bonds. The van der Waals surface area contributed by atoms with E-state index in [1.165, 1.54) is 4.90 Å². The number of nitrogens with zero attached hydrogens (tertiary/aromatic N) is 1. The Hall–Kier alpha value is -5.04. The van der Waals surface area contributed by atoms with Crippen LogP contribution in [-0.2, 0) is 22.7 Å². The van der Waals surface area contributed by atoms with Crippen LogP contribution in [0, 0.1) is 0 Å². The van der Waals surface area contributed by atoms with Crippen molar-refractivity contribution in [2.24, 2.45) is 0 Å². The van der Waals surface area contributed by atoms with Gasteiger partial charge in [-0.1, -0.05) is 72.8 Å². The molecule has 4 aromatic rings. The maximum Gasteiger partial charge on any atom is 0.295 e. The van der Waals surface area contributed by atoms with Crippen LogP contribution in [-0.4, -0.2) is 34.9 Å². The van der Waals surface area contributed by atoms with Gasteiger partial charge in [0.05, 0.1) is 11.6 Å². The Kier molecular flexibility index (Phi) is 6.93. The van der Waals surface area contributed by atoms with E-state index in [9.17, 15) is 14.7 Å². The second kappa shape index (κ2) is 11.0. The Morgan fingerprint density at radius 3 is 2.25 bits per heavy atom. The molecule has 0 saturated carbocycles. The molecule has 4 aromatic carbocycles. The molecule has 1 unspecified atom stereocenters. The number of ether oxygens (including phenoxy) is 3. The third-order valence-electron chi connectivity index (χ3n) is 6.97. The van der Waals surface area contributed by atoms with E-state index in [0.717, 1.165) is 11.1 Å². The molecule has 2 aliphatic heterocycles. The lowest BCUT2D eigenvalue weighted by Crippen LogP contribution is -2.29. The summed E-state index contributed by atoms with van der Waals surface area (Å²) in [6.45, 7) is 1.38. The molecule has 1 saturated heterocycles. The van der Waals surface area contributed by atoms with Gasteiger partial charge in [-0.05, 0) is 47.0 Å². The van der Waals surface area contributed by atoms with Crippen LogP contribution in [0.4, 0.5) is 0 Å². The number of carbonyl (C=O) groups excluding carboxylic acids is 2. The van der Waals surface area contributed by atoms with Gasteiger partial charge in [-0.25, -0.2) is 0 Å². The minimum absolute atomic E-state index is 0.0119. The Bertz CT molecular complexity index is 1580. The maximum absolute atomic E-state index is 13.5. The number of fused-ring (bicyclic) bond motifs is 1. The first-order valence-electron chi connectivity index (χ1n) is 13.1. The Balaban J connectivity index is 1.41. The Morgan fingerprint density at radius 2 is 1.50 bits per heavy atom. The number of aliphatic hydroxyl groups is 1. The number of hydrogen-bond donors (Lipinski definition) is 1. The normalized spacial score (nSPS) is 17.6. The molecule has 7 nitrogen and oxygen atoms in total. The van der Waals surface area contributed by atoms with Crippen molar-refractivity contribution in [3.05, 3.63) is 131 Å². The highest BCUT2D eigenvalue weighted by Gasteiger charge is 2.46. The minimum atomic E-state index is -0.825. The SMILES string of the molecule is O=C1C(=O)N(Cc2ccccc2)C(c2cccc(OCc3ccccc3)c2)/C1=C(/O)c1ccc2c(c1)OCCO2. The number of aliphatic hydroxyl groups excluding tert-OH is 1. The van der Waals surface area contributed by atoms with Gasteiger partial charge in [0.1, 0.15) is 31.3 Å². The zero-order chi connectivity index (χ0) is 27.5. The van der Waals surface area contributed by atoms with Crippen LogP contribution < -0.4 is 14.2 Å². The number of carbonyl (C=O) groups is 2. The standard InChI is InChI=1S/C33H27NO6/c35-31(25-14-15-27-28(19-25)39-17-16-38-27)29-30(34(33(37)32(29)36)20-22-8-3-1-4-9-22)24-12-7-13-26(18-24)40-21-23-10-5-2-6-11-23/h1-15,18-19,30,35H,16-17,20-21H2/b31-29-. The molecular formula is C33H27NO6. The quantitative estimate of drug-likeness (QED) is 0.188. The molecule has 2 heterocycles. The van der Waals surface area contributed by atoms with Gasteiger partial charge in [0, 0.05) is 12.1 Å². The van der Waals surface area contributed by atoms with E-state index in [-0.39, 0.29) is 17.9 Å². The highest BCUT2D eigenvalue weighted by atomic mass is 16.6. The van der Waals surface area contributed by atoms with Gasteiger partial charge in [-0.2, -0.15) is 0 Å². The van der Waals surface area contributed by atoms with E-state index in [1.54, 1.807) is 18.2 Å². The molecule has 0 bridgehead atoms. The summed E-state index contributed by atoms with van der Waals surface area (Å²) in [5, 5.41) is 11.5. The third kappa shape index (κ3) is 5.01. The fraction of sp³-hybridized carbons (Fsp3) is 0.152. The van der Waals surface area contributed by atoms with Crippen molar-refractivity contribution in [3.63, 3.8) is 0 Å². The number of benzene rings is 4. The van der Waals surface area contributed by atoms with E-state index >= 15 is 0 Å². The molecule has 1 N–H and O–H groups in total. The smallest absolute Gasteiger partial charge is 0.295 e. The summed E-state index contributed by atoms with van der Waals surface area (Å²) in [7, 11) is 0. The average molecular weight is 534 g/mol. The van der Waals surface area contributed by atoms with Crippen LogP contribution in [0.2, 0.25) is 0 Å². The van der Waals surface area contributed by atoms with Crippen molar-refractivity contribution >= 4 is 17.4 Å². The van der Waals surface area contributed by atoms with Gasteiger partial charge in [-0.3, -0.25) is 9.59 Å². The largest absolute Gasteiger partial charge is 0.507 e. The number of amides is 1. The minimum Gasteiger partial charge on any atom is -0.507 e. The lowest BCUT2D eigenvalue weighted by atomic mass is 9.94. The second-order valence-electron chi connectivity index (χ2n) is 9.62. The van der Waals surface area contributed by atoms with Crippen molar-refractivity contribution in [3.8, 4) is 17.2 Å². The fourth-order valence-electron chi connectivity index (χ4n) is 5.03. The van der Waals surface area contributed by atoms with Gasteiger partial charge < -0.3 is 24.2 Å². The zero-order valence-corrected chi connectivity index (χ0v) is 21.7.